The number of hydrogen-bond acceptors (Lipinski definition) is 5. The Morgan fingerprint density at radius 1 is 0.939 bits per heavy atom. The number of carbonyl (C=O) groups is 1. The van der Waals surface area contributed by atoms with Gasteiger partial charge in [0.05, 0.1) is 29.8 Å². The number of hydrogen-bond donors (Lipinski definition) is 2. The van der Waals surface area contributed by atoms with Gasteiger partial charge in [-0.25, -0.2) is 8.42 Å². The maximum Gasteiger partial charge on any atom is 0.243 e. The summed E-state index contributed by atoms with van der Waals surface area (Å²) in [6.07, 6.45) is 0.118. The van der Waals surface area contributed by atoms with Crippen LogP contribution in [0.4, 0.5) is 5.69 Å². The molecule has 3 rings (SSSR count). The normalized spacial score (nSPS) is 12.1. The Morgan fingerprint density at radius 2 is 1.58 bits per heavy atom. The first kappa shape index (κ1) is 24.9. The van der Waals surface area contributed by atoms with E-state index in [-0.39, 0.29) is 17.0 Å². The molecule has 0 fully saturated rings. The molecule has 174 valence electrons. The molecule has 1 atom stereocenters. The van der Waals surface area contributed by atoms with Crippen LogP contribution in [0.1, 0.15) is 5.56 Å². The minimum absolute atomic E-state index is 0.0106. The fraction of sp³-hybridized carbons (Fsp3) is 0.174. The van der Waals surface area contributed by atoms with E-state index < -0.39 is 22.0 Å². The van der Waals surface area contributed by atoms with E-state index in [0.717, 1.165) is 5.56 Å². The summed E-state index contributed by atoms with van der Waals surface area (Å²) in [5, 5.41) is 3.42. The number of nitrogens with one attached hydrogen (secondary N) is 2. The van der Waals surface area contributed by atoms with Crippen LogP contribution < -0.4 is 19.5 Å². The van der Waals surface area contributed by atoms with Gasteiger partial charge < -0.3 is 14.8 Å². The Kier molecular flexibility index (Phi) is 8.20. The Bertz CT molecular complexity index is 1220. The van der Waals surface area contributed by atoms with Crippen molar-refractivity contribution >= 4 is 44.8 Å². The molecule has 0 aliphatic heterocycles. The van der Waals surface area contributed by atoms with Crippen molar-refractivity contribution in [2.24, 2.45) is 0 Å². The van der Waals surface area contributed by atoms with Gasteiger partial charge in [-0.2, -0.15) is 4.72 Å². The average molecular weight is 509 g/mol. The molecular formula is C23H22Cl2N2O5S. The zero-order valence-electron chi connectivity index (χ0n) is 17.8. The molecule has 10 heteroatoms. The van der Waals surface area contributed by atoms with Gasteiger partial charge in [0.1, 0.15) is 17.5 Å². The lowest BCUT2D eigenvalue weighted by Gasteiger charge is -2.20. The van der Waals surface area contributed by atoms with Crippen molar-refractivity contribution in [1.29, 1.82) is 0 Å². The first-order valence-electron chi connectivity index (χ1n) is 9.77. The SMILES string of the molecule is COc1cc(NC(=O)[C@@H](Cc2ccccc2)NS(=O)(=O)c2ccc(Cl)cc2)c(OC)cc1Cl. The van der Waals surface area contributed by atoms with Crippen LogP contribution in [0.3, 0.4) is 0 Å². The molecular weight excluding hydrogens is 487 g/mol. The maximum absolute atomic E-state index is 13.2. The predicted octanol–water partition coefficient (Wildman–Crippen LogP) is 4.54. The first-order valence-corrected chi connectivity index (χ1v) is 12.0. The lowest BCUT2D eigenvalue weighted by Crippen LogP contribution is -2.45. The van der Waals surface area contributed by atoms with Crippen molar-refractivity contribution in [2.45, 2.75) is 17.4 Å². The topological polar surface area (TPSA) is 93.7 Å². The van der Waals surface area contributed by atoms with Crippen molar-refractivity contribution in [3.8, 4) is 11.5 Å². The molecule has 1 amide bonds. The summed E-state index contributed by atoms with van der Waals surface area (Å²) in [6.45, 7) is 0. The Morgan fingerprint density at radius 3 is 2.18 bits per heavy atom. The molecule has 0 aliphatic carbocycles. The van der Waals surface area contributed by atoms with Gasteiger partial charge in [0, 0.05) is 17.2 Å². The van der Waals surface area contributed by atoms with E-state index in [9.17, 15) is 13.2 Å². The van der Waals surface area contributed by atoms with E-state index in [2.05, 4.69) is 10.0 Å². The van der Waals surface area contributed by atoms with E-state index in [1.54, 1.807) is 0 Å². The molecule has 0 heterocycles. The van der Waals surface area contributed by atoms with E-state index in [4.69, 9.17) is 32.7 Å². The number of ether oxygens (including phenoxy) is 2. The van der Waals surface area contributed by atoms with E-state index in [0.29, 0.717) is 21.5 Å². The molecule has 0 saturated carbocycles. The first-order chi connectivity index (χ1) is 15.7. The molecule has 2 N–H and O–H groups in total. The summed E-state index contributed by atoms with van der Waals surface area (Å²) in [7, 11) is -1.14. The van der Waals surface area contributed by atoms with Crippen molar-refractivity contribution in [1.82, 2.24) is 4.72 Å². The highest BCUT2D eigenvalue weighted by Crippen LogP contribution is 2.36. The number of anilines is 1. The third kappa shape index (κ3) is 6.39. The van der Waals surface area contributed by atoms with Crippen LogP contribution in [0.15, 0.2) is 71.6 Å². The van der Waals surface area contributed by atoms with Gasteiger partial charge >= 0.3 is 0 Å². The van der Waals surface area contributed by atoms with Crippen LogP contribution in [0.5, 0.6) is 11.5 Å². The number of methoxy groups -OCH3 is 2. The monoisotopic (exact) mass is 508 g/mol. The van der Waals surface area contributed by atoms with E-state index >= 15 is 0 Å². The molecule has 3 aromatic carbocycles. The molecule has 0 unspecified atom stereocenters. The van der Waals surface area contributed by atoms with Crippen LogP contribution >= 0.6 is 23.2 Å². The fourth-order valence-electron chi connectivity index (χ4n) is 3.08. The minimum Gasteiger partial charge on any atom is -0.495 e. The van der Waals surface area contributed by atoms with E-state index in [1.807, 2.05) is 30.3 Å². The molecule has 0 aliphatic rings. The predicted molar refractivity (Wildman–Crippen MR) is 129 cm³/mol. The number of carbonyl (C=O) groups excluding carboxylic acids is 1. The minimum atomic E-state index is -4.02. The second-order valence-electron chi connectivity index (χ2n) is 6.99. The average Bonchev–Trinajstić information content (AvgIpc) is 2.80. The molecule has 0 saturated heterocycles. The summed E-state index contributed by atoms with van der Waals surface area (Å²) < 4.78 is 38.9. The molecule has 0 bridgehead atoms. The van der Waals surface area contributed by atoms with Gasteiger partial charge in [-0.1, -0.05) is 53.5 Å². The van der Waals surface area contributed by atoms with Crippen molar-refractivity contribution < 1.29 is 22.7 Å². The van der Waals surface area contributed by atoms with Gasteiger partial charge in [-0.05, 0) is 36.2 Å². The van der Waals surface area contributed by atoms with Crippen LogP contribution in [-0.2, 0) is 21.2 Å². The van der Waals surface area contributed by atoms with Crippen molar-refractivity contribution in [3.05, 3.63) is 82.3 Å². The van der Waals surface area contributed by atoms with Crippen LogP contribution in [0.2, 0.25) is 10.0 Å². The molecule has 3 aromatic rings. The maximum atomic E-state index is 13.2. The Labute approximate surface area is 202 Å². The highest BCUT2D eigenvalue weighted by molar-refractivity contribution is 7.89. The number of benzene rings is 3. The second kappa shape index (κ2) is 10.9. The van der Waals surface area contributed by atoms with Crippen molar-refractivity contribution in [2.75, 3.05) is 19.5 Å². The number of halogens is 2. The fourth-order valence-corrected chi connectivity index (χ4v) is 4.64. The van der Waals surface area contributed by atoms with Gasteiger partial charge in [0.2, 0.25) is 15.9 Å². The van der Waals surface area contributed by atoms with Gasteiger partial charge in [-0.15, -0.1) is 0 Å². The Hall–Kier alpha value is -2.78. The van der Waals surface area contributed by atoms with Gasteiger partial charge in [0.15, 0.2) is 0 Å². The summed E-state index contributed by atoms with van der Waals surface area (Å²) in [5.74, 6) is 0.0429. The molecule has 0 aromatic heterocycles. The Balaban J connectivity index is 1.92. The molecule has 0 radical (unpaired) electrons. The lowest BCUT2D eigenvalue weighted by atomic mass is 10.1. The van der Waals surface area contributed by atoms with E-state index in [1.165, 1.54) is 50.6 Å². The smallest absolute Gasteiger partial charge is 0.243 e. The van der Waals surface area contributed by atoms with Gasteiger partial charge in [0.25, 0.3) is 0 Å². The largest absolute Gasteiger partial charge is 0.495 e. The quantitative estimate of drug-likeness (QED) is 0.442. The summed E-state index contributed by atoms with van der Waals surface area (Å²) >= 11 is 12.0. The second-order valence-corrected chi connectivity index (χ2v) is 9.55. The zero-order chi connectivity index (χ0) is 24.0. The third-order valence-corrected chi connectivity index (χ3v) is 6.79. The lowest BCUT2D eigenvalue weighted by molar-refractivity contribution is -0.117. The number of sulfonamides is 1. The van der Waals surface area contributed by atoms with Gasteiger partial charge in [-0.3, -0.25) is 4.79 Å². The molecule has 0 spiro atoms. The zero-order valence-corrected chi connectivity index (χ0v) is 20.2. The molecule has 7 nitrogen and oxygen atoms in total. The summed E-state index contributed by atoms with van der Waals surface area (Å²) in [5.41, 5.74) is 1.06. The van der Waals surface area contributed by atoms with Crippen LogP contribution in [0, 0.1) is 0 Å². The van der Waals surface area contributed by atoms with Crippen LogP contribution in [0.25, 0.3) is 0 Å². The summed E-state index contributed by atoms with van der Waals surface area (Å²) in [6, 6.07) is 16.6. The van der Waals surface area contributed by atoms with Crippen LogP contribution in [-0.4, -0.2) is 34.6 Å². The highest BCUT2D eigenvalue weighted by Gasteiger charge is 2.27. The van der Waals surface area contributed by atoms with Crippen molar-refractivity contribution in [3.63, 3.8) is 0 Å². The highest BCUT2D eigenvalue weighted by atomic mass is 35.5. The number of rotatable bonds is 9. The summed E-state index contributed by atoms with van der Waals surface area (Å²) in [4.78, 5) is 13.2. The standard InChI is InChI=1S/C23H22Cl2N2O5S/c1-31-21-14-19(22(32-2)13-18(21)25)26-23(28)20(12-15-6-4-3-5-7-15)27-33(29,30)17-10-8-16(24)9-11-17/h3-11,13-14,20,27H,12H2,1-2H3,(H,26,28)/t20-/m1/s1. The molecule has 33 heavy (non-hydrogen) atoms. The number of amides is 1. The third-order valence-electron chi connectivity index (χ3n) is 4.75.